The van der Waals surface area contributed by atoms with Gasteiger partial charge in [-0.1, -0.05) is 25.1 Å². The number of thiophene rings is 1. The van der Waals surface area contributed by atoms with E-state index in [2.05, 4.69) is 27.1 Å². The van der Waals surface area contributed by atoms with Gasteiger partial charge in [-0.15, -0.1) is 21.5 Å². The van der Waals surface area contributed by atoms with E-state index >= 15 is 0 Å². The van der Waals surface area contributed by atoms with Gasteiger partial charge in [0.1, 0.15) is 16.2 Å². The van der Waals surface area contributed by atoms with Gasteiger partial charge in [0, 0.05) is 15.8 Å². The maximum Gasteiger partial charge on any atom is 0.283 e. The Morgan fingerprint density at radius 2 is 2.07 bits per heavy atom. The van der Waals surface area contributed by atoms with Crippen LogP contribution in [0.25, 0.3) is 21.7 Å². The van der Waals surface area contributed by atoms with Gasteiger partial charge in [0.2, 0.25) is 5.89 Å². The third-order valence-electron chi connectivity index (χ3n) is 5.02. The van der Waals surface area contributed by atoms with E-state index in [9.17, 15) is 0 Å². The monoisotopic (exact) mass is 394 g/mol. The zero-order chi connectivity index (χ0) is 18.4. The average molecular weight is 395 g/mol. The first-order valence-electron chi connectivity index (χ1n) is 9.01. The third kappa shape index (κ3) is 3.04. The number of aromatic nitrogens is 4. The van der Waals surface area contributed by atoms with Crippen molar-refractivity contribution in [3.63, 3.8) is 0 Å². The molecule has 5 nitrogen and oxygen atoms in total. The van der Waals surface area contributed by atoms with Gasteiger partial charge in [-0.3, -0.25) is 0 Å². The van der Waals surface area contributed by atoms with Crippen molar-refractivity contribution in [1.82, 2.24) is 20.2 Å². The van der Waals surface area contributed by atoms with E-state index < -0.39 is 0 Å². The molecule has 3 heterocycles. The Balaban J connectivity index is 1.52. The SMILES string of the molecule is Cc1ccccc1-c1nnc(Sc2ncnc3sc4c(c23)CC[C@H](C)C4)o1. The normalized spacial score (nSPS) is 16.6. The van der Waals surface area contributed by atoms with Crippen LogP contribution in [-0.4, -0.2) is 20.2 Å². The molecule has 0 radical (unpaired) electrons. The molecule has 27 heavy (non-hydrogen) atoms. The van der Waals surface area contributed by atoms with Crippen molar-refractivity contribution in [3.05, 3.63) is 46.6 Å². The molecule has 1 atom stereocenters. The maximum absolute atomic E-state index is 5.92. The van der Waals surface area contributed by atoms with E-state index in [1.54, 1.807) is 17.7 Å². The Hall–Kier alpha value is -2.25. The first-order valence-corrected chi connectivity index (χ1v) is 10.6. The molecule has 4 aromatic rings. The van der Waals surface area contributed by atoms with Crippen molar-refractivity contribution < 1.29 is 4.42 Å². The molecule has 0 aliphatic heterocycles. The van der Waals surface area contributed by atoms with Crippen LogP contribution in [0.4, 0.5) is 0 Å². The third-order valence-corrected chi connectivity index (χ3v) is 7.03. The van der Waals surface area contributed by atoms with E-state index in [4.69, 9.17) is 4.42 Å². The van der Waals surface area contributed by atoms with E-state index in [0.29, 0.717) is 11.1 Å². The molecular weight excluding hydrogens is 376 g/mol. The van der Waals surface area contributed by atoms with Crippen LogP contribution in [0.1, 0.15) is 29.3 Å². The molecule has 1 aliphatic rings. The molecule has 0 N–H and O–H groups in total. The van der Waals surface area contributed by atoms with Crippen molar-refractivity contribution in [2.45, 2.75) is 43.4 Å². The van der Waals surface area contributed by atoms with E-state index in [1.165, 1.54) is 34.0 Å². The highest BCUT2D eigenvalue weighted by Crippen LogP contribution is 2.42. The van der Waals surface area contributed by atoms with Crippen LogP contribution < -0.4 is 0 Å². The quantitative estimate of drug-likeness (QED) is 0.438. The number of aryl methyl sites for hydroxylation is 2. The summed E-state index contributed by atoms with van der Waals surface area (Å²) in [6.45, 7) is 4.36. The molecule has 0 saturated carbocycles. The van der Waals surface area contributed by atoms with Crippen molar-refractivity contribution in [3.8, 4) is 11.5 Å². The molecule has 0 amide bonds. The fourth-order valence-corrected chi connectivity index (χ4v) is 5.78. The highest BCUT2D eigenvalue weighted by molar-refractivity contribution is 7.99. The van der Waals surface area contributed by atoms with Crippen molar-refractivity contribution in [1.29, 1.82) is 0 Å². The smallest absolute Gasteiger partial charge is 0.283 e. The zero-order valence-corrected chi connectivity index (χ0v) is 16.7. The fraction of sp³-hybridized carbons (Fsp3) is 0.300. The molecule has 3 aromatic heterocycles. The number of hydrogen-bond acceptors (Lipinski definition) is 7. The summed E-state index contributed by atoms with van der Waals surface area (Å²) in [6, 6.07) is 8.02. The summed E-state index contributed by atoms with van der Waals surface area (Å²) in [6.07, 6.45) is 5.08. The highest BCUT2D eigenvalue weighted by atomic mass is 32.2. The lowest BCUT2D eigenvalue weighted by atomic mass is 9.89. The Morgan fingerprint density at radius 1 is 1.19 bits per heavy atom. The van der Waals surface area contributed by atoms with E-state index in [1.807, 2.05) is 31.2 Å². The summed E-state index contributed by atoms with van der Waals surface area (Å²) < 4.78 is 5.92. The summed E-state index contributed by atoms with van der Waals surface area (Å²) in [5, 5.41) is 11.1. The van der Waals surface area contributed by atoms with Gasteiger partial charge in [-0.2, -0.15) is 0 Å². The second-order valence-electron chi connectivity index (χ2n) is 7.00. The summed E-state index contributed by atoms with van der Waals surface area (Å²) in [5.41, 5.74) is 3.49. The molecule has 1 aliphatic carbocycles. The lowest BCUT2D eigenvalue weighted by molar-refractivity contribution is 0.465. The number of rotatable bonds is 3. The Kier molecular flexibility index (Phi) is 4.21. The summed E-state index contributed by atoms with van der Waals surface area (Å²) in [5.74, 6) is 1.28. The van der Waals surface area contributed by atoms with Gasteiger partial charge in [-0.05, 0) is 61.1 Å². The molecule has 0 bridgehead atoms. The second kappa shape index (κ2) is 6.73. The molecule has 136 valence electrons. The minimum Gasteiger partial charge on any atom is -0.411 e. The van der Waals surface area contributed by atoms with Gasteiger partial charge in [0.25, 0.3) is 5.22 Å². The van der Waals surface area contributed by atoms with Crippen LogP contribution in [0.15, 0.2) is 45.3 Å². The van der Waals surface area contributed by atoms with Crippen LogP contribution >= 0.6 is 23.1 Å². The maximum atomic E-state index is 5.92. The van der Waals surface area contributed by atoms with Crippen LogP contribution in [-0.2, 0) is 12.8 Å². The van der Waals surface area contributed by atoms with Gasteiger partial charge < -0.3 is 4.42 Å². The molecule has 7 heteroatoms. The lowest BCUT2D eigenvalue weighted by Crippen LogP contribution is -2.08. The average Bonchev–Trinajstić information content (AvgIpc) is 3.26. The van der Waals surface area contributed by atoms with Crippen LogP contribution in [0.2, 0.25) is 0 Å². The molecule has 0 saturated heterocycles. The number of fused-ring (bicyclic) bond motifs is 3. The summed E-state index contributed by atoms with van der Waals surface area (Å²) >= 11 is 3.23. The van der Waals surface area contributed by atoms with Gasteiger partial charge in [0.15, 0.2) is 0 Å². The number of benzene rings is 1. The van der Waals surface area contributed by atoms with Crippen molar-refractivity contribution in [2.75, 3.05) is 0 Å². The van der Waals surface area contributed by atoms with Gasteiger partial charge >= 0.3 is 0 Å². The topological polar surface area (TPSA) is 64.7 Å². The predicted molar refractivity (Wildman–Crippen MR) is 107 cm³/mol. The molecular formula is C20H18N4OS2. The number of hydrogen-bond donors (Lipinski definition) is 0. The first kappa shape index (κ1) is 16.9. The van der Waals surface area contributed by atoms with Crippen LogP contribution in [0.3, 0.4) is 0 Å². The second-order valence-corrected chi connectivity index (χ2v) is 9.02. The fourth-order valence-electron chi connectivity index (χ4n) is 3.58. The predicted octanol–water partition coefficient (Wildman–Crippen LogP) is 5.33. The standard InChI is InChI=1S/C20H18N4OS2/c1-11-7-8-14-15(9-11)26-18-16(14)19(22-10-21-18)27-20-24-23-17(25-20)13-6-4-3-5-12(13)2/h3-6,10-11H,7-9H2,1-2H3/t11-/m0/s1. The lowest BCUT2D eigenvalue weighted by Gasteiger charge is -2.17. The molecule has 0 spiro atoms. The Labute approximate surface area is 165 Å². The highest BCUT2D eigenvalue weighted by Gasteiger charge is 2.24. The van der Waals surface area contributed by atoms with E-state index in [-0.39, 0.29) is 0 Å². The van der Waals surface area contributed by atoms with Crippen LogP contribution in [0, 0.1) is 12.8 Å². The largest absolute Gasteiger partial charge is 0.411 e. The first-order chi connectivity index (χ1) is 13.2. The van der Waals surface area contributed by atoms with E-state index in [0.717, 1.165) is 39.7 Å². The molecule has 0 unspecified atom stereocenters. The minimum atomic E-state index is 0.511. The van der Waals surface area contributed by atoms with Gasteiger partial charge in [-0.25, -0.2) is 9.97 Å². The van der Waals surface area contributed by atoms with Crippen molar-refractivity contribution >= 4 is 33.3 Å². The molecule has 5 rings (SSSR count). The molecule has 1 aromatic carbocycles. The minimum absolute atomic E-state index is 0.511. The molecule has 0 fully saturated rings. The van der Waals surface area contributed by atoms with Crippen molar-refractivity contribution in [2.24, 2.45) is 5.92 Å². The Bertz CT molecular complexity index is 1130. The number of nitrogens with zero attached hydrogens (tertiary/aromatic N) is 4. The summed E-state index contributed by atoms with van der Waals surface area (Å²) in [4.78, 5) is 11.6. The summed E-state index contributed by atoms with van der Waals surface area (Å²) in [7, 11) is 0. The Morgan fingerprint density at radius 3 is 2.96 bits per heavy atom. The van der Waals surface area contributed by atoms with Crippen LogP contribution in [0.5, 0.6) is 0 Å². The zero-order valence-electron chi connectivity index (χ0n) is 15.1. The van der Waals surface area contributed by atoms with Gasteiger partial charge in [0.05, 0.1) is 0 Å².